The van der Waals surface area contributed by atoms with Gasteiger partial charge in [0.25, 0.3) is 10.0 Å². The summed E-state index contributed by atoms with van der Waals surface area (Å²) in [5, 5.41) is 4.50. The molecule has 0 radical (unpaired) electrons. The van der Waals surface area contributed by atoms with E-state index in [2.05, 4.69) is 15.0 Å². The van der Waals surface area contributed by atoms with Crippen molar-refractivity contribution in [1.29, 1.82) is 0 Å². The number of aromatic nitrogens is 1. The first kappa shape index (κ1) is 22.5. The van der Waals surface area contributed by atoms with Gasteiger partial charge in [0, 0.05) is 11.8 Å². The van der Waals surface area contributed by atoms with Gasteiger partial charge in [-0.15, -0.1) is 11.3 Å². The zero-order valence-corrected chi connectivity index (χ0v) is 19.1. The van der Waals surface area contributed by atoms with Gasteiger partial charge >= 0.3 is 0 Å². The summed E-state index contributed by atoms with van der Waals surface area (Å²) in [4.78, 5) is 16.6. The molecule has 2 heterocycles. The zero-order chi connectivity index (χ0) is 23.1. The molecule has 9 heteroatoms. The zero-order valence-electron chi connectivity index (χ0n) is 17.5. The van der Waals surface area contributed by atoms with Crippen molar-refractivity contribution in [3.63, 3.8) is 0 Å². The summed E-state index contributed by atoms with van der Waals surface area (Å²) in [5.41, 5.74) is 2.79. The number of amides is 1. The second kappa shape index (κ2) is 10.3. The molecule has 7 nitrogen and oxygen atoms in total. The standard InChI is InChI=1S/C24H21N3O4S2/c28-22(26-21-12-13-23(25-16-21)31-17-19-5-2-1-3-6-19)15-18-8-10-20(11-9-18)27-33(29,30)24-7-4-14-32-24/h1-14,16,27H,15,17H2,(H,26,28). The highest BCUT2D eigenvalue weighted by Crippen LogP contribution is 2.21. The first-order valence-electron chi connectivity index (χ1n) is 10.1. The fourth-order valence-electron chi connectivity index (χ4n) is 2.97. The Morgan fingerprint density at radius 1 is 0.879 bits per heavy atom. The number of sulfonamides is 1. The van der Waals surface area contributed by atoms with Crippen LogP contribution in [0.2, 0.25) is 0 Å². The second-order valence-corrected chi connectivity index (χ2v) is 9.98. The Morgan fingerprint density at radius 2 is 1.64 bits per heavy atom. The molecule has 4 aromatic rings. The predicted molar refractivity (Wildman–Crippen MR) is 129 cm³/mol. The molecule has 0 aliphatic heterocycles. The second-order valence-electron chi connectivity index (χ2n) is 7.12. The average Bonchev–Trinajstić information content (AvgIpc) is 3.37. The average molecular weight is 480 g/mol. The lowest BCUT2D eigenvalue weighted by atomic mass is 10.1. The van der Waals surface area contributed by atoms with Crippen LogP contribution in [0.25, 0.3) is 0 Å². The Labute approximate surface area is 196 Å². The van der Waals surface area contributed by atoms with E-state index in [1.807, 2.05) is 30.3 Å². The normalized spacial score (nSPS) is 11.0. The number of rotatable bonds is 9. The largest absolute Gasteiger partial charge is 0.473 e. The lowest BCUT2D eigenvalue weighted by Gasteiger charge is -2.09. The lowest BCUT2D eigenvalue weighted by Crippen LogP contribution is -2.15. The molecule has 4 rings (SSSR count). The number of nitrogens with one attached hydrogen (secondary N) is 2. The van der Waals surface area contributed by atoms with Gasteiger partial charge in [0.1, 0.15) is 10.8 Å². The van der Waals surface area contributed by atoms with Gasteiger partial charge in [-0.2, -0.15) is 0 Å². The highest BCUT2D eigenvalue weighted by molar-refractivity contribution is 7.94. The van der Waals surface area contributed by atoms with Crippen molar-refractivity contribution in [2.75, 3.05) is 10.0 Å². The molecule has 1 amide bonds. The van der Waals surface area contributed by atoms with E-state index in [0.717, 1.165) is 22.5 Å². The number of pyridine rings is 1. The van der Waals surface area contributed by atoms with Gasteiger partial charge in [0.15, 0.2) is 0 Å². The Balaban J connectivity index is 1.28. The van der Waals surface area contributed by atoms with Crippen LogP contribution in [0, 0.1) is 0 Å². The van der Waals surface area contributed by atoms with Crippen LogP contribution in [0.5, 0.6) is 5.88 Å². The van der Waals surface area contributed by atoms with E-state index in [0.29, 0.717) is 23.9 Å². The molecule has 0 aliphatic carbocycles. The molecule has 2 aromatic heterocycles. The molecular formula is C24H21N3O4S2. The van der Waals surface area contributed by atoms with E-state index in [1.54, 1.807) is 60.1 Å². The third-order valence-corrected chi connectivity index (χ3v) is 7.36. The third-order valence-electron chi connectivity index (χ3n) is 4.58. The summed E-state index contributed by atoms with van der Waals surface area (Å²) < 4.78 is 33.0. The van der Waals surface area contributed by atoms with Crippen LogP contribution < -0.4 is 14.8 Å². The van der Waals surface area contributed by atoms with Crippen LogP contribution in [0.15, 0.2) is 94.6 Å². The summed E-state index contributed by atoms with van der Waals surface area (Å²) >= 11 is 1.15. The minimum absolute atomic E-state index is 0.143. The molecule has 33 heavy (non-hydrogen) atoms. The summed E-state index contributed by atoms with van der Waals surface area (Å²) in [6.07, 6.45) is 1.69. The van der Waals surface area contributed by atoms with Crippen LogP contribution in [-0.4, -0.2) is 19.3 Å². The molecule has 0 atom stereocenters. The molecular weight excluding hydrogens is 458 g/mol. The van der Waals surface area contributed by atoms with Gasteiger partial charge < -0.3 is 10.1 Å². The number of nitrogens with zero attached hydrogens (tertiary/aromatic N) is 1. The highest BCUT2D eigenvalue weighted by Gasteiger charge is 2.15. The van der Waals surface area contributed by atoms with E-state index in [4.69, 9.17) is 4.74 Å². The first-order chi connectivity index (χ1) is 16.0. The van der Waals surface area contributed by atoms with Crippen LogP contribution in [0.3, 0.4) is 0 Å². The summed E-state index contributed by atoms with van der Waals surface area (Å²) in [7, 11) is -3.60. The molecule has 2 aromatic carbocycles. The SMILES string of the molecule is O=C(Cc1ccc(NS(=O)(=O)c2cccs2)cc1)Nc1ccc(OCc2ccccc2)nc1. The molecule has 0 saturated carbocycles. The predicted octanol–water partition coefficient (Wildman–Crippen LogP) is 4.70. The maximum Gasteiger partial charge on any atom is 0.271 e. The number of carbonyl (C=O) groups excluding carboxylic acids is 1. The molecule has 168 valence electrons. The van der Waals surface area contributed by atoms with Crippen LogP contribution in [0.4, 0.5) is 11.4 Å². The topological polar surface area (TPSA) is 97.4 Å². The molecule has 0 fully saturated rings. The number of hydrogen-bond donors (Lipinski definition) is 2. The van der Waals surface area contributed by atoms with E-state index in [-0.39, 0.29) is 16.5 Å². The fraction of sp³-hybridized carbons (Fsp3) is 0.0833. The van der Waals surface area contributed by atoms with E-state index >= 15 is 0 Å². The van der Waals surface area contributed by atoms with Gasteiger partial charge in [-0.1, -0.05) is 48.5 Å². The van der Waals surface area contributed by atoms with Crippen molar-refractivity contribution in [1.82, 2.24) is 4.98 Å². The maximum absolute atomic E-state index is 12.4. The van der Waals surface area contributed by atoms with Crippen LogP contribution >= 0.6 is 11.3 Å². The summed E-state index contributed by atoms with van der Waals surface area (Å²) in [6, 6.07) is 23.1. The molecule has 0 saturated heterocycles. The van der Waals surface area contributed by atoms with Crippen molar-refractivity contribution in [2.24, 2.45) is 0 Å². The fourth-order valence-corrected chi connectivity index (χ4v) is 5.03. The van der Waals surface area contributed by atoms with Crippen molar-refractivity contribution in [3.05, 3.63) is 102 Å². The molecule has 0 aliphatic rings. The minimum atomic E-state index is -3.60. The smallest absolute Gasteiger partial charge is 0.271 e. The van der Waals surface area contributed by atoms with Crippen molar-refractivity contribution >= 4 is 38.6 Å². The third kappa shape index (κ3) is 6.41. The Kier molecular flexibility index (Phi) is 7.01. The quantitative estimate of drug-likeness (QED) is 0.363. The number of benzene rings is 2. The van der Waals surface area contributed by atoms with Crippen molar-refractivity contribution in [2.45, 2.75) is 17.2 Å². The van der Waals surface area contributed by atoms with E-state index in [9.17, 15) is 13.2 Å². The Hall–Kier alpha value is -3.69. The number of carbonyl (C=O) groups is 1. The number of thiophene rings is 1. The van der Waals surface area contributed by atoms with Crippen molar-refractivity contribution in [3.8, 4) is 5.88 Å². The number of anilines is 2. The van der Waals surface area contributed by atoms with Gasteiger partial charge in [-0.05, 0) is 40.8 Å². The first-order valence-corrected chi connectivity index (χ1v) is 12.4. The van der Waals surface area contributed by atoms with Gasteiger partial charge in [-0.25, -0.2) is 13.4 Å². The Bertz CT molecular complexity index is 1290. The van der Waals surface area contributed by atoms with E-state index < -0.39 is 10.0 Å². The van der Waals surface area contributed by atoms with E-state index in [1.165, 1.54) is 0 Å². The summed E-state index contributed by atoms with van der Waals surface area (Å²) in [5.74, 6) is 0.263. The highest BCUT2D eigenvalue weighted by atomic mass is 32.2. The van der Waals surface area contributed by atoms with Gasteiger partial charge in [0.05, 0.1) is 18.3 Å². The van der Waals surface area contributed by atoms with Crippen molar-refractivity contribution < 1.29 is 17.9 Å². The Morgan fingerprint density at radius 3 is 2.30 bits per heavy atom. The minimum Gasteiger partial charge on any atom is -0.473 e. The molecule has 0 bridgehead atoms. The molecule has 2 N–H and O–H groups in total. The maximum atomic E-state index is 12.4. The number of hydrogen-bond acceptors (Lipinski definition) is 6. The van der Waals surface area contributed by atoms with Gasteiger partial charge in [-0.3, -0.25) is 9.52 Å². The van der Waals surface area contributed by atoms with Crippen LogP contribution in [-0.2, 0) is 27.8 Å². The number of ether oxygens (including phenoxy) is 1. The lowest BCUT2D eigenvalue weighted by molar-refractivity contribution is -0.115. The molecule has 0 unspecified atom stereocenters. The van der Waals surface area contributed by atoms with Gasteiger partial charge in [0.2, 0.25) is 11.8 Å². The molecule has 0 spiro atoms. The summed E-state index contributed by atoms with van der Waals surface area (Å²) in [6.45, 7) is 0.416. The van der Waals surface area contributed by atoms with Crippen LogP contribution in [0.1, 0.15) is 11.1 Å². The monoisotopic (exact) mass is 479 g/mol.